The number of benzene rings is 2. The van der Waals surface area contributed by atoms with Gasteiger partial charge in [0.1, 0.15) is 17.8 Å². The number of aryl methyl sites for hydroxylation is 1. The van der Waals surface area contributed by atoms with E-state index in [4.69, 9.17) is 4.42 Å². The van der Waals surface area contributed by atoms with E-state index in [0.29, 0.717) is 22.6 Å². The van der Waals surface area contributed by atoms with E-state index in [1.807, 2.05) is 67.6 Å². The van der Waals surface area contributed by atoms with E-state index in [0.717, 1.165) is 11.1 Å². The second-order valence-electron chi connectivity index (χ2n) is 6.23. The predicted molar refractivity (Wildman–Crippen MR) is 99.5 cm³/mol. The Hall–Kier alpha value is -3.24. The number of aliphatic hydroxyl groups is 1. The van der Waals surface area contributed by atoms with Crippen LogP contribution in [0.3, 0.4) is 0 Å². The van der Waals surface area contributed by atoms with Gasteiger partial charge in [0.15, 0.2) is 5.60 Å². The van der Waals surface area contributed by atoms with Crippen LogP contribution >= 0.6 is 0 Å². The van der Waals surface area contributed by atoms with E-state index in [-0.39, 0.29) is 0 Å². The van der Waals surface area contributed by atoms with Crippen LogP contribution in [-0.4, -0.2) is 15.1 Å². The lowest BCUT2D eigenvalue weighted by atomic mass is 9.85. The van der Waals surface area contributed by atoms with Gasteiger partial charge in [0, 0.05) is 23.5 Å². The molecule has 0 aliphatic carbocycles. The molecule has 2 heterocycles. The zero-order chi connectivity index (χ0) is 18.0. The Morgan fingerprint density at radius 1 is 0.808 bits per heavy atom. The van der Waals surface area contributed by atoms with Gasteiger partial charge in [-0.05, 0) is 24.6 Å². The Morgan fingerprint density at radius 3 is 2.19 bits per heavy atom. The highest BCUT2D eigenvalue weighted by molar-refractivity contribution is 5.58. The van der Waals surface area contributed by atoms with Crippen molar-refractivity contribution in [2.75, 3.05) is 0 Å². The minimum Gasteiger partial charge on any atom is -0.457 e. The van der Waals surface area contributed by atoms with Crippen LogP contribution in [0.1, 0.15) is 22.5 Å². The highest BCUT2D eigenvalue weighted by atomic mass is 16.4. The number of nitrogens with zero attached hydrogens (tertiary/aromatic N) is 2. The summed E-state index contributed by atoms with van der Waals surface area (Å²) in [7, 11) is 0. The van der Waals surface area contributed by atoms with Gasteiger partial charge < -0.3 is 9.52 Å². The van der Waals surface area contributed by atoms with E-state index in [9.17, 15) is 5.11 Å². The third-order valence-corrected chi connectivity index (χ3v) is 4.47. The zero-order valence-electron chi connectivity index (χ0n) is 14.3. The number of rotatable bonds is 4. The minimum atomic E-state index is -1.47. The number of hydrogen-bond acceptors (Lipinski definition) is 4. The van der Waals surface area contributed by atoms with Crippen LogP contribution < -0.4 is 0 Å². The Kier molecular flexibility index (Phi) is 4.11. The Labute approximate surface area is 151 Å². The van der Waals surface area contributed by atoms with Gasteiger partial charge in [0.05, 0.1) is 0 Å². The van der Waals surface area contributed by atoms with Crippen molar-refractivity contribution >= 4 is 0 Å². The number of aromatic nitrogens is 2. The van der Waals surface area contributed by atoms with Crippen molar-refractivity contribution in [1.82, 2.24) is 9.97 Å². The topological polar surface area (TPSA) is 59.2 Å². The molecule has 26 heavy (non-hydrogen) atoms. The molecule has 2 aromatic heterocycles. The average molecular weight is 342 g/mol. The number of furan rings is 1. The maximum atomic E-state index is 11.7. The van der Waals surface area contributed by atoms with Gasteiger partial charge in [-0.15, -0.1) is 0 Å². The number of hydrogen-bond donors (Lipinski definition) is 1. The fourth-order valence-corrected chi connectivity index (χ4v) is 3.02. The molecule has 0 fully saturated rings. The van der Waals surface area contributed by atoms with E-state index in [1.54, 1.807) is 18.5 Å². The summed E-state index contributed by atoms with van der Waals surface area (Å²) in [6.07, 6.45) is 4.66. The third kappa shape index (κ3) is 2.80. The fourth-order valence-electron chi connectivity index (χ4n) is 3.02. The fraction of sp³-hybridized carbons (Fsp3) is 0.0909. The summed E-state index contributed by atoms with van der Waals surface area (Å²) in [6, 6.07) is 21.2. The van der Waals surface area contributed by atoms with Crippen molar-refractivity contribution < 1.29 is 9.52 Å². The molecule has 0 spiro atoms. The van der Waals surface area contributed by atoms with Crippen LogP contribution in [0.25, 0.3) is 11.3 Å². The molecule has 0 bridgehead atoms. The molecule has 0 saturated heterocycles. The maximum Gasteiger partial charge on any atom is 0.176 e. The molecule has 0 saturated carbocycles. The highest BCUT2D eigenvalue weighted by Gasteiger charge is 2.38. The summed E-state index contributed by atoms with van der Waals surface area (Å²) in [5.74, 6) is 1.12. The van der Waals surface area contributed by atoms with Gasteiger partial charge in [0.2, 0.25) is 0 Å². The normalized spacial score (nSPS) is 13.3. The molecule has 1 unspecified atom stereocenters. The first-order valence-electron chi connectivity index (χ1n) is 8.38. The van der Waals surface area contributed by atoms with Crippen molar-refractivity contribution in [3.63, 3.8) is 0 Å². The van der Waals surface area contributed by atoms with Crippen molar-refractivity contribution in [3.05, 3.63) is 108 Å². The summed E-state index contributed by atoms with van der Waals surface area (Å²) >= 11 is 0. The molecule has 0 radical (unpaired) electrons. The molecule has 4 aromatic rings. The van der Waals surface area contributed by atoms with Crippen LogP contribution in [0.4, 0.5) is 0 Å². The first-order chi connectivity index (χ1) is 12.7. The maximum absolute atomic E-state index is 11.7. The van der Waals surface area contributed by atoms with E-state index in [2.05, 4.69) is 9.97 Å². The predicted octanol–water partition coefficient (Wildman–Crippen LogP) is 4.33. The summed E-state index contributed by atoms with van der Waals surface area (Å²) < 4.78 is 6.07. The SMILES string of the molecule is Cc1ccc(C(O)(c2cncnc2)c2ccc(-c3ccccc3)o2)cc1. The van der Waals surface area contributed by atoms with Crippen LogP contribution in [-0.2, 0) is 5.60 Å². The molecule has 4 heteroatoms. The standard InChI is InChI=1S/C22H18N2O2/c1-16-7-9-18(10-8-16)22(25,19-13-23-15-24-14-19)21-12-11-20(26-21)17-5-3-2-4-6-17/h2-15,25H,1H3. The summed E-state index contributed by atoms with van der Waals surface area (Å²) in [5.41, 5.74) is 1.85. The minimum absolute atomic E-state index is 0.426. The van der Waals surface area contributed by atoms with Crippen LogP contribution in [0, 0.1) is 6.92 Å². The van der Waals surface area contributed by atoms with Crippen LogP contribution in [0.2, 0.25) is 0 Å². The highest BCUT2D eigenvalue weighted by Crippen LogP contribution is 2.38. The quantitative estimate of drug-likeness (QED) is 0.600. The van der Waals surface area contributed by atoms with Crippen molar-refractivity contribution in [2.45, 2.75) is 12.5 Å². The Bertz CT molecular complexity index is 995. The van der Waals surface area contributed by atoms with Gasteiger partial charge in [-0.1, -0.05) is 60.2 Å². The summed E-state index contributed by atoms with van der Waals surface area (Å²) in [4.78, 5) is 8.14. The lowest BCUT2D eigenvalue weighted by Gasteiger charge is -2.26. The van der Waals surface area contributed by atoms with E-state index < -0.39 is 5.60 Å². The third-order valence-electron chi connectivity index (χ3n) is 4.47. The molecule has 2 aromatic carbocycles. The molecule has 1 N–H and O–H groups in total. The van der Waals surface area contributed by atoms with Crippen LogP contribution in [0.5, 0.6) is 0 Å². The largest absolute Gasteiger partial charge is 0.457 e. The lowest BCUT2D eigenvalue weighted by molar-refractivity contribution is 0.0990. The monoisotopic (exact) mass is 342 g/mol. The first-order valence-corrected chi connectivity index (χ1v) is 8.38. The molecule has 0 amide bonds. The Morgan fingerprint density at radius 2 is 1.50 bits per heavy atom. The lowest BCUT2D eigenvalue weighted by Crippen LogP contribution is -2.28. The first kappa shape index (κ1) is 16.2. The molecular weight excluding hydrogens is 324 g/mol. The smallest absolute Gasteiger partial charge is 0.176 e. The van der Waals surface area contributed by atoms with Gasteiger partial charge in [-0.25, -0.2) is 9.97 Å². The van der Waals surface area contributed by atoms with Crippen molar-refractivity contribution in [1.29, 1.82) is 0 Å². The molecule has 4 rings (SSSR count). The molecule has 0 aliphatic heterocycles. The molecule has 4 nitrogen and oxygen atoms in total. The molecule has 1 atom stereocenters. The van der Waals surface area contributed by atoms with Gasteiger partial charge >= 0.3 is 0 Å². The van der Waals surface area contributed by atoms with Crippen molar-refractivity contribution in [3.8, 4) is 11.3 Å². The zero-order valence-corrected chi connectivity index (χ0v) is 14.3. The van der Waals surface area contributed by atoms with E-state index in [1.165, 1.54) is 6.33 Å². The summed E-state index contributed by atoms with van der Waals surface area (Å²) in [6.45, 7) is 2.01. The Balaban J connectivity index is 1.87. The average Bonchev–Trinajstić information content (AvgIpc) is 3.20. The van der Waals surface area contributed by atoms with E-state index >= 15 is 0 Å². The second-order valence-corrected chi connectivity index (χ2v) is 6.23. The molecule has 128 valence electrons. The molecule has 0 aliphatic rings. The van der Waals surface area contributed by atoms with Crippen LogP contribution in [0.15, 0.2) is 89.9 Å². The summed E-state index contributed by atoms with van der Waals surface area (Å²) in [5, 5.41) is 11.7. The van der Waals surface area contributed by atoms with Gasteiger partial charge in [0.25, 0.3) is 0 Å². The second kappa shape index (κ2) is 6.58. The van der Waals surface area contributed by atoms with Gasteiger partial charge in [-0.3, -0.25) is 0 Å². The molecular formula is C22H18N2O2. The van der Waals surface area contributed by atoms with Crippen molar-refractivity contribution in [2.24, 2.45) is 0 Å². The van der Waals surface area contributed by atoms with Gasteiger partial charge in [-0.2, -0.15) is 0 Å².